The molecule has 0 atom stereocenters. The minimum Gasteiger partial charge on any atom is -0.309 e. The molecule has 1 aliphatic rings. The van der Waals surface area contributed by atoms with Gasteiger partial charge in [-0.2, -0.15) is 13.2 Å². The molecular weight excluding hydrogens is 389 g/mol. The van der Waals surface area contributed by atoms with E-state index < -0.39 is 11.7 Å². The van der Waals surface area contributed by atoms with Crippen LogP contribution in [0, 0.1) is 5.92 Å². The molecule has 0 aliphatic carbocycles. The highest BCUT2D eigenvalue weighted by Gasteiger charge is 2.31. The van der Waals surface area contributed by atoms with Gasteiger partial charge in [-0.3, -0.25) is 9.69 Å². The average Bonchev–Trinajstić information content (AvgIpc) is 2.69. The Labute approximate surface area is 176 Å². The predicted octanol–water partition coefficient (Wildman–Crippen LogP) is 5.75. The fraction of sp³-hybridized carbons (Fsp3) is 0.458. The fourth-order valence-corrected chi connectivity index (χ4v) is 4.03. The van der Waals surface area contributed by atoms with Crippen molar-refractivity contribution in [3.8, 4) is 0 Å². The van der Waals surface area contributed by atoms with Crippen molar-refractivity contribution < 1.29 is 18.0 Å². The summed E-state index contributed by atoms with van der Waals surface area (Å²) in [5.41, 5.74) is 0.975. The Balaban J connectivity index is 1.66. The second kappa shape index (κ2) is 9.65. The molecule has 0 saturated carbocycles. The number of nitrogens with zero attached hydrogens (tertiary/aromatic N) is 2. The lowest BCUT2D eigenvalue weighted by atomic mass is 9.99. The maximum Gasteiger partial charge on any atom is 0.416 e. The highest BCUT2D eigenvalue weighted by atomic mass is 19.4. The zero-order valence-electron chi connectivity index (χ0n) is 17.5. The fourth-order valence-electron chi connectivity index (χ4n) is 4.03. The first-order chi connectivity index (χ1) is 14.2. The van der Waals surface area contributed by atoms with Gasteiger partial charge in [0.2, 0.25) is 5.91 Å². The van der Waals surface area contributed by atoms with Crippen molar-refractivity contribution in [2.45, 2.75) is 51.9 Å². The topological polar surface area (TPSA) is 23.6 Å². The molecule has 0 bridgehead atoms. The van der Waals surface area contributed by atoms with Crippen LogP contribution < -0.4 is 4.90 Å². The number of alkyl halides is 3. The molecule has 0 radical (unpaired) electrons. The van der Waals surface area contributed by atoms with Crippen molar-refractivity contribution >= 4 is 11.6 Å². The van der Waals surface area contributed by atoms with Gasteiger partial charge in [-0.05, 0) is 42.5 Å². The summed E-state index contributed by atoms with van der Waals surface area (Å²) >= 11 is 0. The third-order valence-corrected chi connectivity index (χ3v) is 5.47. The zero-order valence-corrected chi connectivity index (χ0v) is 17.5. The van der Waals surface area contributed by atoms with E-state index in [1.54, 1.807) is 6.07 Å². The smallest absolute Gasteiger partial charge is 0.309 e. The van der Waals surface area contributed by atoms with Gasteiger partial charge in [-0.1, -0.05) is 50.2 Å². The Bertz CT molecular complexity index is 828. The molecule has 3 rings (SSSR count). The third-order valence-electron chi connectivity index (χ3n) is 5.47. The van der Waals surface area contributed by atoms with E-state index in [0.717, 1.165) is 37.7 Å². The SMILES string of the molecule is CC(C)CC(=O)N(c1ccccc1)C1CCN(Cc2cccc(C(F)(F)F)c2)CC1. The highest BCUT2D eigenvalue weighted by molar-refractivity contribution is 5.94. The number of amides is 1. The number of carbonyl (C=O) groups is 1. The Kier molecular flexibility index (Phi) is 7.19. The van der Waals surface area contributed by atoms with Crippen LogP contribution in [0.15, 0.2) is 54.6 Å². The van der Waals surface area contributed by atoms with Gasteiger partial charge in [-0.15, -0.1) is 0 Å². The molecule has 1 heterocycles. The Morgan fingerprint density at radius 2 is 1.73 bits per heavy atom. The van der Waals surface area contributed by atoms with Crippen molar-refractivity contribution in [3.63, 3.8) is 0 Å². The summed E-state index contributed by atoms with van der Waals surface area (Å²) in [6, 6.07) is 15.4. The molecule has 3 nitrogen and oxygen atoms in total. The van der Waals surface area contributed by atoms with Crippen LogP contribution in [0.4, 0.5) is 18.9 Å². The molecule has 0 spiro atoms. The number of likely N-dealkylation sites (tertiary alicyclic amines) is 1. The molecule has 0 N–H and O–H groups in total. The third kappa shape index (κ3) is 5.85. The van der Waals surface area contributed by atoms with Crippen molar-refractivity contribution in [3.05, 3.63) is 65.7 Å². The van der Waals surface area contributed by atoms with Crippen LogP contribution in [-0.2, 0) is 17.5 Å². The number of rotatable bonds is 6. The molecule has 0 aromatic heterocycles. The van der Waals surface area contributed by atoms with Gasteiger partial charge in [0.25, 0.3) is 0 Å². The standard InChI is InChI=1S/C24H29F3N2O/c1-18(2)15-23(30)29(21-9-4-3-5-10-21)22-11-13-28(14-12-22)17-19-7-6-8-20(16-19)24(25,26)27/h3-10,16,18,22H,11-15,17H2,1-2H3. The van der Waals surface area contributed by atoms with Crippen LogP contribution >= 0.6 is 0 Å². The minimum atomic E-state index is -4.32. The van der Waals surface area contributed by atoms with Crippen molar-refractivity contribution in [2.24, 2.45) is 5.92 Å². The second-order valence-electron chi connectivity index (χ2n) is 8.40. The molecule has 1 aliphatic heterocycles. The van der Waals surface area contributed by atoms with E-state index >= 15 is 0 Å². The number of hydrogen-bond donors (Lipinski definition) is 0. The first kappa shape index (κ1) is 22.3. The van der Waals surface area contributed by atoms with E-state index in [9.17, 15) is 18.0 Å². The number of piperidine rings is 1. The lowest BCUT2D eigenvalue weighted by Gasteiger charge is -2.39. The number of halogens is 3. The Hall–Kier alpha value is -2.34. The maximum absolute atomic E-state index is 13.0. The van der Waals surface area contributed by atoms with E-state index in [2.05, 4.69) is 4.90 Å². The minimum absolute atomic E-state index is 0.108. The monoisotopic (exact) mass is 418 g/mol. The molecule has 2 aromatic carbocycles. The summed E-state index contributed by atoms with van der Waals surface area (Å²) in [6.45, 7) is 6.07. The Morgan fingerprint density at radius 3 is 2.33 bits per heavy atom. The Morgan fingerprint density at radius 1 is 1.07 bits per heavy atom. The van der Waals surface area contributed by atoms with Crippen LogP contribution in [0.3, 0.4) is 0 Å². The number of hydrogen-bond acceptors (Lipinski definition) is 2. The summed E-state index contributed by atoms with van der Waals surface area (Å²) in [7, 11) is 0. The largest absolute Gasteiger partial charge is 0.416 e. The van der Waals surface area contributed by atoms with Crippen molar-refractivity contribution in [1.29, 1.82) is 0 Å². The molecule has 0 unspecified atom stereocenters. The van der Waals surface area contributed by atoms with E-state index in [1.165, 1.54) is 12.1 Å². The molecule has 2 aromatic rings. The summed E-state index contributed by atoms with van der Waals surface area (Å²) in [6.07, 6.45) is -2.22. The van der Waals surface area contributed by atoms with Crippen LogP contribution in [0.1, 0.15) is 44.2 Å². The van der Waals surface area contributed by atoms with Gasteiger partial charge < -0.3 is 4.90 Å². The number of benzene rings is 2. The van der Waals surface area contributed by atoms with Crippen LogP contribution in [-0.4, -0.2) is 29.9 Å². The lowest BCUT2D eigenvalue weighted by molar-refractivity contribution is -0.137. The highest BCUT2D eigenvalue weighted by Crippen LogP contribution is 2.30. The molecular formula is C24H29F3N2O. The number of anilines is 1. The van der Waals surface area contributed by atoms with E-state index in [4.69, 9.17) is 0 Å². The van der Waals surface area contributed by atoms with E-state index in [-0.39, 0.29) is 17.9 Å². The van der Waals surface area contributed by atoms with Gasteiger partial charge in [0.1, 0.15) is 0 Å². The molecule has 1 amide bonds. The van der Waals surface area contributed by atoms with Crippen LogP contribution in [0.2, 0.25) is 0 Å². The van der Waals surface area contributed by atoms with Crippen LogP contribution in [0.5, 0.6) is 0 Å². The van der Waals surface area contributed by atoms with Gasteiger partial charge in [0.05, 0.1) is 5.56 Å². The molecule has 1 fully saturated rings. The zero-order chi connectivity index (χ0) is 21.7. The molecule has 30 heavy (non-hydrogen) atoms. The molecule has 162 valence electrons. The van der Waals surface area contributed by atoms with Gasteiger partial charge >= 0.3 is 6.18 Å². The second-order valence-corrected chi connectivity index (χ2v) is 8.40. The lowest BCUT2D eigenvalue weighted by Crippen LogP contribution is -2.47. The van der Waals surface area contributed by atoms with Crippen molar-refractivity contribution in [1.82, 2.24) is 4.90 Å². The van der Waals surface area contributed by atoms with E-state index in [0.29, 0.717) is 18.5 Å². The van der Waals surface area contributed by atoms with Gasteiger partial charge in [0, 0.05) is 37.8 Å². The first-order valence-electron chi connectivity index (χ1n) is 10.5. The van der Waals surface area contributed by atoms with Gasteiger partial charge in [-0.25, -0.2) is 0 Å². The number of para-hydroxylation sites is 1. The van der Waals surface area contributed by atoms with Crippen molar-refractivity contribution in [2.75, 3.05) is 18.0 Å². The first-order valence-corrected chi connectivity index (χ1v) is 10.5. The average molecular weight is 419 g/mol. The summed E-state index contributed by atoms with van der Waals surface area (Å²) in [4.78, 5) is 17.1. The molecule has 6 heteroatoms. The van der Waals surface area contributed by atoms with Crippen LogP contribution in [0.25, 0.3) is 0 Å². The van der Waals surface area contributed by atoms with E-state index in [1.807, 2.05) is 49.1 Å². The summed E-state index contributed by atoms with van der Waals surface area (Å²) in [5.74, 6) is 0.414. The normalized spacial score (nSPS) is 16.1. The predicted molar refractivity (Wildman–Crippen MR) is 113 cm³/mol. The maximum atomic E-state index is 13.0. The quantitative estimate of drug-likeness (QED) is 0.596. The summed E-state index contributed by atoms with van der Waals surface area (Å²) < 4.78 is 38.9. The molecule has 1 saturated heterocycles. The summed E-state index contributed by atoms with van der Waals surface area (Å²) in [5, 5.41) is 0. The van der Waals surface area contributed by atoms with Gasteiger partial charge in [0.15, 0.2) is 0 Å². The number of carbonyl (C=O) groups excluding carboxylic acids is 1.